The smallest absolute Gasteiger partial charge is 0.239 e. The van der Waals surface area contributed by atoms with Gasteiger partial charge in [-0.3, -0.25) is 4.79 Å². The molecule has 4 N–H and O–H groups in total. The van der Waals surface area contributed by atoms with Crippen LogP contribution in [0.3, 0.4) is 0 Å². The second kappa shape index (κ2) is 4.40. The number of anilines is 2. The molecule has 0 atom stereocenters. The molecule has 2 fully saturated rings. The summed E-state index contributed by atoms with van der Waals surface area (Å²) in [5.74, 6) is 1.69. The van der Waals surface area contributed by atoms with Crippen molar-refractivity contribution in [2.45, 2.75) is 37.6 Å². The largest absolute Gasteiger partial charge is 0.368 e. The number of carbonyl (C=O) groups excluding carboxylic acids is 1. The van der Waals surface area contributed by atoms with Gasteiger partial charge >= 0.3 is 0 Å². The standard InChI is InChI=1S/C11H16N6O/c12-10-15-9(6-1-2-6)16-11(17-10)13-5-8(18)14-7-3-4-7/h6-7H,1-5H2,(H,14,18)(H3,12,13,15,16,17). The third kappa shape index (κ3) is 2.85. The second-order valence-electron chi connectivity index (χ2n) is 4.85. The Bertz CT molecular complexity index is 469. The molecule has 0 aromatic carbocycles. The van der Waals surface area contributed by atoms with E-state index < -0.39 is 0 Å². The molecule has 0 unspecified atom stereocenters. The Hall–Kier alpha value is -1.92. The minimum Gasteiger partial charge on any atom is -0.368 e. The van der Waals surface area contributed by atoms with Gasteiger partial charge in [-0.25, -0.2) is 0 Å². The minimum absolute atomic E-state index is 0.0375. The molecule has 1 aromatic rings. The molecule has 3 rings (SSSR count). The lowest BCUT2D eigenvalue weighted by Crippen LogP contribution is -2.31. The Kier molecular flexibility index (Phi) is 2.73. The number of hydrogen-bond acceptors (Lipinski definition) is 6. The van der Waals surface area contributed by atoms with Gasteiger partial charge < -0.3 is 16.4 Å². The predicted octanol–water partition coefficient (Wildman–Crippen LogP) is 0.0217. The van der Waals surface area contributed by atoms with Crippen molar-refractivity contribution in [2.24, 2.45) is 0 Å². The average Bonchev–Trinajstić information content (AvgIpc) is 3.18. The number of nitrogen functional groups attached to an aromatic ring is 1. The van der Waals surface area contributed by atoms with E-state index in [1.54, 1.807) is 0 Å². The fourth-order valence-corrected chi connectivity index (χ4v) is 1.68. The van der Waals surface area contributed by atoms with E-state index in [1.807, 2.05) is 0 Å². The van der Waals surface area contributed by atoms with Crippen molar-refractivity contribution in [2.75, 3.05) is 17.6 Å². The molecule has 0 bridgehead atoms. The molecule has 1 heterocycles. The summed E-state index contributed by atoms with van der Waals surface area (Å²) in [5.41, 5.74) is 5.62. The van der Waals surface area contributed by atoms with Gasteiger partial charge in [0.05, 0.1) is 6.54 Å². The number of carbonyl (C=O) groups is 1. The maximum atomic E-state index is 11.5. The summed E-state index contributed by atoms with van der Waals surface area (Å²) in [6.07, 6.45) is 4.36. The van der Waals surface area contributed by atoms with E-state index in [-0.39, 0.29) is 18.4 Å². The highest BCUT2D eigenvalue weighted by Crippen LogP contribution is 2.38. The van der Waals surface area contributed by atoms with Crippen LogP contribution >= 0.6 is 0 Å². The van der Waals surface area contributed by atoms with Gasteiger partial charge in [-0.15, -0.1) is 0 Å². The molecule has 18 heavy (non-hydrogen) atoms. The second-order valence-corrected chi connectivity index (χ2v) is 4.85. The third-order valence-electron chi connectivity index (χ3n) is 2.96. The van der Waals surface area contributed by atoms with E-state index in [4.69, 9.17) is 5.73 Å². The van der Waals surface area contributed by atoms with Crippen molar-refractivity contribution in [1.82, 2.24) is 20.3 Å². The van der Waals surface area contributed by atoms with Gasteiger partial charge in [0.25, 0.3) is 0 Å². The normalized spacial score (nSPS) is 18.4. The van der Waals surface area contributed by atoms with Crippen LogP contribution in [-0.4, -0.2) is 33.4 Å². The average molecular weight is 248 g/mol. The van der Waals surface area contributed by atoms with Crippen molar-refractivity contribution in [3.05, 3.63) is 5.82 Å². The van der Waals surface area contributed by atoms with Crippen molar-refractivity contribution in [3.63, 3.8) is 0 Å². The highest BCUT2D eigenvalue weighted by Gasteiger charge is 2.27. The highest BCUT2D eigenvalue weighted by molar-refractivity contribution is 5.80. The molecule has 1 aromatic heterocycles. The Balaban J connectivity index is 1.58. The van der Waals surface area contributed by atoms with Crippen LogP contribution in [0.1, 0.15) is 37.4 Å². The van der Waals surface area contributed by atoms with Gasteiger partial charge in [-0.2, -0.15) is 15.0 Å². The molecule has 2 saturated carbocycles. The summed E-state index contributed by atoms with van der Waals surface area (Å²) in [7, 11) is 0. The van der Waals surface area contributed by atoms with E-state index in [0.717, 1.165) is 31.5 Å². The van der Waals surface area contributed by atoms with Gasteiger partial charge in [0.2, 0.25) is 17.8 Å². The van der Waals surface area contributed by atoms with Crippen molar-refractivity contribution < 1.29 is 4.79 Å². The Morgan fingerprint density at radius 1 is 1.22 bits per heavy atom. The number of amides is 1. The van der Waals surface area contributed by atoms with Crippen LogP contribution in [-0.2, 0) is 4.79 Å². The van der Waals surface area contributed by atoms with Crippen LogP contribution in [0, 0.1) is 0 Å². The van der Waals surface area contributed by atoms with Crippen LogP contribution in [0.15, 0.2) is 0 Å². The molecule has 7 heteroatoms. The first kappa shape index (κ1) is 11.2. The molecule has 0 aliphatic heterocycles. The van der Waals surface area contributed by atoms with E-state index in [1.165, 1.54) is 0 Å². The molecule has 1 amide bonds. The van der Waals surface area contributed by atoms with E-state index in [9.17, 15) is 4.79 Å². The fourth-order valence-electron chi connectivity index (χ4n) is 1.68. The van der Waals surface area contributed by atoms with E-state index >= 15 is 0 Å². The van der Waals surface area contributed by atoms with Crippen LogP contribution in [0.5, 0.6) is 0 Å². The summed E-state index contributed by atoms with van der Waals surface area (Å²) in [6.45, 7) is 0.171. The summed E-state index contributed by atoms with van der Waals surface area (Å²) in [6, 6.07) is 0.366. The Labute approximate surface area is 105 Å². The first-order valence-electron chi connectivity index (χ1n) is 6.25. The molecule has 7 nitrogen and oxygen atoms in total. The molecule has 96 valence electrons. The molecular weight excluding hydrogens is 232 g/mol. The molecule has 0 saturated heterocycles. The maximum absolute atomic E-state index is 11.5. The van der Waals surface area contributed by atoms with Crippen LogP contribution in [0.2, 0.25) is 0 Å². The van der Waals surface area contributed by atoms with Gasteiger partial charge in [0.1, 0.15) is 5.82 Å². The van der Waals surface area contributed by atoms with Gasteiger partial charge in [-0.05, 0) is 25.7 Å². The Morgan fingerprint density at radius 3 is 2.67 bits per heavy atom. The zero-order valence-corrected chi connectivity index (χ0v) is 10.0. The number of nitrogens with one attached hydrogen (secondary N) is 2. The summed E-state index contributed by atoms with van der Waals surface area (Å²) in [4.78, 5) is 23.8. The number of nitrogens with zero attached hydrogens (tertiary/aromatic N) is 3. The van der Waals surface area contributed by atoms with Crippen LogP contribution in [0.4, 0.5) is 11.9 Å². The first-order valence-corrected chi connectivity index (χ1v) is 6.25. The summed E-state index contributed by atoms with van der Waals surface area (Å²) in [5, 5.41) is 5.77. The SMILES string of the molecule is Nc1nc(NCC(=O)NC2CC2)nc(C2CC2)n1. The minimum atomic E-state index is -0.0375. The lowest BCUT2D eigenvalue weighted by molar-refractivity contribution is -0.119. The quantitative estimate of drug-likeness (QED) is 0.678. The number of hydrogen-bond donors (Lipinski definition) is 3. The number of nitrogens with two attached hydrogens (primary N) is 1. The summed E-state index contributed by atoms with van der Waals surface area (Å²) >= 11 is 0. The maximum Gasteiger partial charge on any atom is 0.239 e. The lowest BCUT2D eigenvalue weighted by atomic mass is 10.4. The number of aromatic nitrogens is 3. The topological polar surface area (TPSA) is 106 Å². The molecule has 2 aliphatic rings. The molecule has 0 spiro atoms. The molecular formula is C11H16N6O. The molecule has 0 radical (unpaired) electrons. The summed E-state index contributed by atoms with van der Waals surface area (Å²) < 4.78 is 0. The van der Waals surface area contributed by atoms with Crippen molar-refractivity contribution in [1.29, 1.82) is 0 Å². The zero-order chi connectivity index (χ0) is 12.5. The fraction of sp³-hybridized carbons (Fsp3) is 0.636. The number of rotatable bonds is 5. The highest BCUT2D eigenvalue weighted by atomic mass is 16.2. The predicted molar refractivity (Wildman–Crippen MR) is 65.9 cm³/mol. The monoisotopic (exact) mass is 248 g/mol. The third-order valence-corrected chi connectivity index (χ3v) is 2.96. The van der Waals surface area contributed by atoms with Crippen molar-refractivity contribution in [3.8, 4) is 0 Å². The molecule has 2 aliphatic carbocycles. The van der Waals surface area contributed by atoms with Gasteiger partial charge in [-0.1, -0.05) is 0 Å². The van der Waals surface area contributed by atoms with Crippen LogP contribution in [0.25, 0.3) is 0 Å². The zero-order valence-electron chi connectivity index (χ0n) is 10.0. The van der Waals surface area contributed by atoms with Gasteiger partial charge in [0, 0.05) is 12.0 Å². The van der Waals surface area contributed by atoms with E-state index in [2.05, 4.69) is 25.6 Å². The first-order chi connectivity index (χ1) is 8.70. The van der Waals surface area contributed by atoms with Crippen molar-refractivity contribution >= 4 is 17.8 Å². The van der Waals surface area contributed by atoms with E-state index in [0.29, 0.717) is 17.9 Å². The van der Waals surface area contributed by atoms with Gasteiger partial charge in [0.15, 0.2) is 0 Å². The van der Waals surface area contributed by atoms with Crippen LogP contribution < -0.4 is 16.4 Å². The lowest BCUT2D eigenvalue weighted by Gasteiger charge is -2.07. The Morgan fingerprint density at radius 2 is 2.00 bits per heavy atom.